The van der Waals surface area contributed by atoms with Gasteiger partial charge in [0.15, 0.2) is 0 Å². The number of halogens is 2. The van der Waals surface area contributed by atoms with E-state index in [2.05, 4.69) is 39.4 Å². The van der Waals surface area contributed by atoms with Gasteiger partial charge in [0.25, 0.3) is 0 Å². The molecular weight excluding hydrogens is 329 g/mol. The molecule has 3 heteroatoms. The van der Waals surface area contributed by atoms with Crippen molar-refractivity contribution in [2.24, 2.45) is 0 Å². The molecular formula is C18H15BrFN. The van der Waals surface area contributed by atoms with E-state index < -0.39 is 0 Å². The van der Waals surface area contributed by atoms with E-state index >= 15 is 0 Å². The van der Waals surface area contributed by atoms with Gasteiger partial charge >= 0.3 is 0 Å². The van der Waals surface area contributed by atoms with Crippen LogP contribution in [0.2, 0.25) is 0 Å². The van der Waals surface area contributed by atoms with Crippen LogP contribution in [0, 0.1) is 5.82 Å². The molecule has 0 aromatic heterocycles. The molecule has 0 amide bonds. The fourth-order valence-electron chi connectivity index (χ4n) is 2.72. The SMILES string of the molecule is CNC(c1cc(Br)ccc1F)c1cccc2ccccc12. The third-order valence-electron chi connectivity index (χ3n) is 3.69. The lowest BCUT2D eigenvalue weighted by atomic mass is 9.93. The lowest BCUT2D eigenvalue weighted by Crippen LogP contribution is -2.19. The Labute approximate surface area is 131 Å². The van der Waals surface area contributed by atoms with Crippen LogP contribution >= 0.6 is 15.9 Å². The molecule has 1 unspecified atom stereocenters. The maximum absolute atomic E-state index is 14.2. The van der Waals surface area contributed by atoms with E-state index in [4.69, 9.17) is 0 Å². The van der Waals surface area contributed by atoms with Crippen molar-refractivity contribution in [1.82, 2.24) is 5.32 Å². The Kier molecular flexibility index (Phi) is 4.04. The molecule has 1 N–H and O–H groups in total. The summed E-state index contributed by atoms with van der Waals surface area (Å²) in [7, 11) is 1.85. The van der Waals surface area contributed by atoms with Crippen molar-refractivity contribution < 1.29 is 4.39 Å². The molecule has 21 heavy (non-hydrogen) atoms. The largest absolute Gasteiger partial charge is 0.309 e. The summed E-state index contributed by atoms with van der Waals surface area (Å²) in [6.07, 6.45) is 0. The van der Waals surface area contributed by atoms with Crippen molar-refractivity contribution in [2.45, 2.75) is 6.04 Å². The van der Waals surface area contributed by atoms with Gasteiger partial charge in [-0.3, -0.25) is 0 Å². The van der Waals surface area contributed by atoms with Crippen LogP contribution < -0.4 is 5.32 Å². The first-order chi connectivity index (χ1) is 10.2. The van der Waals surface area contributed by atoms with E-state index in [0.29, 0.717) is 5.56 Å². The number of nitrogens with one attached hydrogen (secondary N) is 1. The summed E-state index contributed by atoms with van der Waals surface area (Å²) in [6.45, 7) is 0. The Morgan fingerprint density at radius 3 is 2.52 bits per heavy atom. The van der Waals surface area contributed by atoms with Gasteiger partial charge in [0.2, 0.25) is 0 Å². The molecule has 0 fully saturated rings. The third-order valence-corrected chi connectivity index (χ3v) is 4.19. The van der Waals surface area contributed by atoms with Crippen LogP contribution in [0.1, 0.15) is 17.2 Å². The first-order valence-corrected chi connectivity index (χ1v) is 7.60. The van der Waals surface area contributed by atoms with Gasteiger partial charge in [-0.25, -0.2) is 4.39 Å². The van der Waals surface area contributed by atoms with E-state index in [9.17, 15) is 4.39 Å². The highest BCUT2D eigenvalue weighted by atomic mass is 79.9. The van der Waals surface area contributed by atoms with Crippen molar-refractivity contribution in [3.05, 3.63) is 82.1 Å². The fraction of sp³-hybridized carbons (Fsp3) is 0.111. The van der Waals surface area contributed by atoms with Gasteiger partial charge < -0.3 is 5.32 Å². The second kappa shape index (κ2) is 5.96. The van der Waals surface area contributed by atoms with Gasteiger partial charge in [0.05, 0.1) is 6.04 Å². The predicted molar refractivity (Wildman–Crippen MR) is 89.0 cm³/mol. The quantitative estimate of drug-likeness (QED) is 0.701. The van der Waals surface area contributed by atoms with Crippen LogP contribution in [0.4, 0.5) is 4.39 Å². The second-order valence-corrected chi connectivity index (χ2v) is 5.87. The summed E-state index contributed by atoms with van der Waals surface area (Å²) in [4.78, 5) is 0. The maximum atomic E-state index is 14.2. The number of hydrogen-bond acceptors (Lipinski definition) is 1. The number of fused-ring (bicyclic) bond motifs is 1. The van der Waals surface area contributed by atoms with Gasteiger partial charge in [0.1, 0.15) is 5.82 Å². The molecule has 3 aromatic carbocycles. The molecule has 0 saturated heterocycles. The van der Waals surface area contributed by atoms with E-state index in [0.717, 1.165) is 20.8 Å². The normalized spacial score (nSPS) is 12.5. The molecule has 1 atom stereocenters. The van der Waals surface area contributed by atoms with Crippen molar-refractivity contribution in [3.63, 3.8) is 0 Å². The monoisotopic (exact) mass is 343 g/mol. The van der Waals surface area contributed by atoms with Gasteiger partial charge in [-0.2, -0.15) is 0 Å². The average Bonchev–Trinajstić information content (AvgIpc) is 2.51. The molecule has 0 heterocycles. The average molecular weight is 344 g/mol. The highest BCUT2D eigenvalue weighted by molar-refractivity contribution is 9.10. The Morgan fingerprint density at radius 2 is 1.71 bits per heavy atom. The summed E-state index contributed by atoms with van der Waals surface area (Å²) in [5.74, 6) is -0.203. The Morgan fingerprint density at radius 1 is 0.952 bits per heavy atom. The van der Waals surface area contributed by atoms with E-state index in [1.165, 1.54) is 6.07 Å². The van der Waals surface area contributed by atoms with Crippen LogP contribution in [0.3, 0.4) is 0 Å². The van der Waals surface area contributed by atoms with Crippen LogP contribution in [-0.4, -0.2) is 7.05 Å². The summed E-state index contributed by atoms with van der Waals surface area (Å²) >= 11 is 3.42. The van der Waals surface area contributed by atoms with Crippen molar-refractivity contribution in [2.75, 3.05) is 7.05 Å². The summed E-state index contributed by atoms with van der Waals surface area (Å²) in [6, 6.07) is 19.2. The first kappa shape index (κ1) is 14.2. The smallest absolute Gasteiger partial charge is 0.128 e. The van der Waals surface area contributed by atoms with Gasteiger partial charge in [0, 0.05) is 10.0 Å². The highest BCUT2D eigenvalue weighted by Crippen LogP contribution is 2.31. The molecule has 0 bridgehead atoms. The lowest BCUT2D eigenvalue weighted by molar-refractivity contribution is 0.577. The minimum Gasteiger partial charge on any atom is -0.309 e. The second-order valence-electron chi connectivity index (χ2n) is 4.96. The third kappa shape index (κ3) is 2.71. The minimum atomic E-state index is -0.203. The van der Waals surface area contributed by atoms with Crippen molar-refractivity contribution in [3.8, 4) is 0 Å². The Hall–Kier alpha value is -1.71. The molecule has 0 spiro atoms. The molecule has 3 aromatic rings. The van der Waals surface area contributed by atoms with Crippen molar-refractivity contribution >= 4 is 26.7 Å². The van der Waals surface area contributed by atoms with Gasteiger partial charge in [-0.05, 0) is 41.6 Å². The lowest BCUT2D eigenvalue weighted by Gasteiger charge is -2.20. The Bertz CT molecular complexity index is 780. The van der Waals surface area contributed by atoms with E-state index in [-0.39, 0.29) is 11.9 Å². The van der Waals surface area contributed by atoms with Crippen LogP contribution in [0.5, 0.6) is 0 Å². The molecule has 3 rings (SSSR count). The highest BCUT2D eigenvalue weighted by Gasteiger charge is 2.18. The maximum Gasteiger partial charge on any atom is 0.128 e. The summed E-state index contributed by atoms with van der Waals surface area (Å²) in [5.41, 5.74) is 1.72. The molecule has 0 radical (unpaired) electrons. The molecule has 0 aliphatic heterocycles. The van der Waals surface area contributed by atoms with E-state index in [1.54, 1.807) is 6.07 Å². The molecule has 0 aliphatic rings. The predicted octanol–water partition coefficient (Wildman–Crippen LogP) is 5.05. The van der Waals surface area contributed by atoms with Crippen LogP contribution in [0.25, 0.3) is 10.8 Å². The Balaban J connectivity index is 2.21. The minimum absolute atomic E-state index is 0.186. The number of hydrogen-bond donors (Lipinski definition) is 1. The zero-order valence-corrected chi connectivity index (χ0v) is 13.2. The fourth-order valence-corrected chi connectivity index (χ4v) is 3.10. The number of benzene rings is 3. The molecule has 1 nitrogen and oxygen atoms in total. The first-order valence-electron chi connectivity index (χ1n) is 6.80. The molecule has 0 saturated carbocycles. The molecule has 106 valence electrons. The van der Waals surface area contributed by atoms with Gasteiger partial charge in [-0.1, -0.05) is 58.4 Å². The van der Waals surface area contributed by atoms with Crippen LogP contribution in [-0.2, 0) is 0 Å². The van der Waals surface area contributed by atoms with E-state index in [1.807, 2.05) is 37.4 Å². The summed E-state index contributed by atoms with van der Waals surface area (Å²) < 4.78 is 15.1. The summed E-state index contributed by atoms with van der Waals surface area (Å²) in [5, 5.41) is 5.53. The molecule has 0 aliphatic carbocycles. The zero-order chi connectivity index (χ0) is 14.8. The topological polar surface area (TPSA) is 12.0 Å². The standard InChI is InChI=1S/C18H15BrFN/c1-21-18(16-11-13(19)9-10-17(16)20)15-8-4-6-12-5-2-3-7-14(12)15/h2-11,18,21H,1H3. The van der Waals surface area contributed by atoms with Crippen molar-refractivity contribution in [1.29, 1.82) is 0 Å². The van der Waals surface area contributed by atoms with Gasteiger partial charge in [-0.15, -0.1) is 0 Å². The number of rotatable bonds is 3. The zero-order valence-electron chi connectivity index (χ0n) is 11.6. The van der Waals surface area contributed by atoms with Crippen LogP contribution in [0.15, 0.2) is 65.1 Å².